The van der Waals surface area contributed by atoms with Crippen LogP contribution in [0.3, 0.4) is 0 Å². The van der Waals surface area contributed by atoms with E-state index >= 15 is 0 Å². The van der Waals surface area contributed by atoms with Crippen molar-refractivity contribution in [2.24, 2.45) is 11.3 Å². The Morgan fingerprint density at radius 3 is 2.58 bits per heavy atom. The lowest BCUT2D eigenvalue weighted by molar-refractivity contribution is -0.297. The fourth-order valence-corrected chi connectivity index (χ4v) is 4.58. The highest BCUT2D eigenvalue weighted by Crippen LogP contribution is 2.61. The van der Waals surface area contributed by atoms with Gasteiger partial charge in [-0.25, -0.2) is 4.89 Å². The normalized spacial score (nSPS) is 38.6. The van der Waals surface area contributed by atoms with E-state index in [0.29, 0.717) is 12.3 Å². The molecular weight excluding hydrogens is 304 g/mol. The van der Waals surface area contributed by atoms with Gasteiger partial charge in [0, 0.05) is 5.41 Å². The highest BCUT2D eigenvalue weighted by atomic mass is 17.1. The zero-order valence-electron chi connectivity index (χ0n) is 15.8. The number of allylic oxidation sites excluding steroid dienone is 1. The van der Waals surface area contributed by atoms with E-state index in [2.05, 4.69) is 31.4 Å². The van der Waals surface area contributed by atoms with Crippen LogP contribution < -0.4 is 0 Å². The molecule has 0 saturated carbocycles. The summed E-state index contributed by atoms with van der Waals surface area (Å²) in [6, 6.07) is 0. The Kier molecular flexibility index (Phi) is 5.37. The van der Waals surface area contributed by atoms with Gasteiger partial charge in [-0.05, 0) is 65.7 Å². The van der Waals surface area contributed by atoms with Crippen LogP contribution in [0.2, 0.25) is 0 Å². The van der Waals surface area contributed by atoms with E-state index < -0.39 is 11.2 Å². The summed E-state index contributed by atoms with van der Waals surface area (Å²) in [5, 5.41) is 19.2. The predicted molar refractivity (Wildman–Crippen MR) is 95.7 cm³/mol. The summed E-state index contributed by atoms with van der Waals surface area (Å²) in [6.45, 7) is 13.7. The van der Waals surface area contributed by atoms with Gasteiger partial charge in [-0.2, -0.15) is 0 Å². The van der Waals surface area contributed by atoms with Crippen LogP contribution in [-0.2, 0) is 9.62 Å². The van der Waals surface area contributed by atoms with Crippen molar-refractivity contribution in [2.45, 2.75) is 89.6 Å². The third-order valence-electron chi connectivity index (χ3n) is 6.27. The summed E-state index contributed by atoms with van der Waals surface area (Å²) in [6.07, 6.45) is 10.5. The van der Waals surface area contributed by atoms with Crippen LogP contribution in [0, 0.1) is 11.3 Å². The molecule has 0 unspecified atom stereocenters. The summed E-state index contributed by atoms with van der Waals surface area (Å²) in [4.78, 5) is 4.49. The molecule has 5 atom stereocenters. The number of hydrogen-bond acceptors (Lipinski definition) is 4. The van der Waals surface area contributed by atoms with Crippen LogP contribution in [-0.4, -0.2) is 33.3 Å². The van der Waals surface area contributed by atoms with Crippen molar-refractivity contribution in [3.8, 4) is 0 Å². The molecule has 0 aromatic heterocycles. The average Bonchev–Trinajstić information content (AvgIpc) is 2.98. The van der Waals surface area contributed by atoms with Gasteiger partial charge in [0.2, 0.25) is 0 Å². The molecule has 0 aromatic carbocycles. The molecule has 24 heavy (non-hydrogen) atoms. The minimum Gasteiger partial charge on any atom is -0.386 e. The van der Waals surface area contributed by atoms with Gasteiger partial charge >= 0.3 is 0 Å². The smallest absolute Gasteiger partial charge is 0.116 e. The van der Waals surface area contributed by atoms with Crippen molar-refractivity contribution < 1.29 is 20.0 Å². The molecule has 2 aliphatic rings. The van der Waals surface area contributed by atoms with Crippen LogP contribution in [0.5, 0.6) is 0 Å². The minimum absolute atomic E-state index is 0.0340. The van der Waals surface area contributed by atoms with Crippen LogP contribution in [0.4, 0.5) is 0 Å². The maximum atomic E-state index is 10.3. The SMILES string of the molecule is C=C[C@@](C)(O)CC[C@H]1[C@](C)(C/C=C\C(C)(C)OO)[C@H]2CC[C@]1(C)O2. The van der Waals surface area contributed by atoms with Crippen LogP contribution in [0.1, 0.15) is 66.7 Å². The summed E-state index contributed by atoms with van der Waals surface area (Å²) >= 11 is 0. The number of rotatable bonds is 8. The van der Waals surface area contributed by atoms with Crippen molar-refractivity contribution in [1.82, 2.24) is 0 Å². The second-order valence-corrected chi connectivity index (χ2v) is 8.92. The molecular formula is C20H34O4. The number of hydrogen-bond donors (Lipinski definition) is 2. The topological polar surface area (TPSA) is 58.9 Å². The van der Waals surface area contributed by atoms with Gasteiger partial charge in [-0.15, -0.1) is 6.58 Å². The summed E-state index contributed by atoms with van der Waals surface area (Å²) in [7, 11) is 0. The molecule has 2 heterocycles. The molecule has 4 heteroatoms. The molecule has 0 spiro atoms. The molecule has 2 aliphatic heterocycles. The monoisotopic (exact) mass is 338 g/mol. The van der Waals surface area contributed by atoms with Crippen LogP contribution in [0.25, 0.3) is 0 Å². The molecule has 2 bridgehead atoms. The molecule has 2 N–H and O–H groups in total. The molecule has 0 aromatic rings. The Labute approximate surface area is 146 Å². The van der Waals surface area contributed by atoms with E-state index in [1.807, 2.05) is 26.8 Å². The minimum atomic E-state index is -0.832. The molecule has 2 fully saturated rings. The molecule has 2 rings (SSSR count). The van der Waals surface area contributed by atoms with Crippen molar-refractivity contribution in [1.29, 1.82) is 0 Å². The van der Waals surface area contributed by atoms with Gasteiger partial charge < -0.3 is 9.84 Å². The maximum absolute atomic E-state index is 10.3. The third-order valence-corrected chi connectivity index (χ3v) is 6.27. The Bertz CT molecular complexity index is 496. The first-order chi connectivity index (χ1) is 11.0. The van der Waals surface area contributed by atoms with Gasteiger partial charge in [0.15, 0.2) is 0 Å². The maximum Gasteiger partial charge on any atom is 0.116 e. The van der Waals surface area contributed by atoms with Crippen molar-refractivity contribution >= 4 is 0 Å². The van der Waals surface area contributed by atoms with E-state index in [0.717, 1.165) is 25.7 Å². The third kappa shape index (κ3) is 3.77. The Morgan fingerprint density at radius 2 is 2.00 bits per heavy atom. The van der Waals surface area contributed by atoms with Gasteiger partial charge in [0.05, 0.1) is 17.3 Å². The average molecular weight is 338 g/mol. The second-order valence-electron chi connectivity index (χ2n) is 8.92. The highest BCUT2D eigenvalue weighted by Gasteiger charge is 2.61. The van der Waals surface area contributed by atoms with Crippen LogP contribution >= 0.6 is 0 Å². The van der Waals surface area contributed by atoms with Gasteiger partial charge in [-0.1, -0.05) is 25.2 Å². The molecule has 0 aliphatic carbocycles. The Morgan fingerprint density at radius 1 is 1.33 bits per heavy atom. The number of ether oxygens (including phenoxy) is 1. The first kappa shape index (κ1) is 19.6. The molecule has 0 radical (unpaired) electrons. The molecule has 2 saturated heterocycles. The zero-order valence-corrected chi connectivity index (χ0v) is 15.8. The summed E-state index contributed by atoms with van der Waals surface area (Å²) in [5.74, 6) is 0.387. The van der Waals surface area contributed by atoms with Crippen molar-refractivity contribution in [3.63, 3.8) is 0 Å². The fourth-order valence-electron chi connectivity index (χ4n) is 4.58. The van der Waals surface area contributed by atoms with E-state index in [-0.39, 0.29) is 17.1 Å². The Hall–Kier alpha value is -0.680. The molecule has 0 amide bonds. The fraction of sp³-hybridized carbons (Fsp3) is 0.800. The van der Waals surface area contributed by atoms with E-state index in [9.17, 15) is 5.11 Å². The van der Waals surface area contributed by atoms with Gasteiger partial charge in [0.1, 0.15) is 5.60 Å². The van der Waals surface area contributed by atoms with E-state index in [4.69, 9.17) is 9.99 Å². The summed E-state index contributed by atoms with van der Waals surface area (Å²) in [5.41, 5.74) is -1.58. The lowest BCUT2D eigenvalue weighted by Gasteiger charge is -2.42. The zero-order chi connectivity index (χ0) is 18.2. The van der Waals surface area contributed by atoms with Gasteiger partial charge in [0.25, 0.3) is 0 Å². The quantitative estimate of drug-likeness (QED) is 0.389. The van der Waals surface area contributed by atoms with E-state index in [1.54, 1.807) is 6.08 Å². The lowest BCUT2D eigenvalue weighted by atomic mass is 9.59. The molecule has 138 valence electrons. The standard InChI is InChI=1S/C20H34O4/c1-7-18(4,21)13-9-15-19(5,12-8-11-17(2,3)24-22)16-10-14-20(15,6)23-16/h7-8,11,15-16,21-22H,1,9-10,12-14H2,2-6H3/b11-8-/t15-,16+,18+,19-,20-/m0/s1. The number of fused-ring (bicyclic) bond motifs is 2. The summed E-state index contributed by atoms with van der Waals surface area (Å²) < 4.78 is 6.37. The largest absolute Gasteiger partial charge is 0.386 e. The Balaban J connectivity index is 2.14. The van der Waals surface area contributed by atoms with Crippen molar-refractivity contribution in [2.75, 3.05) is 0 Å². The lowest BCUT2D eigenvalue weighted by Crippen LogP contribution is -2.43. The first-order valence-electron chi connectivity index (χ1n) is 9.02. The van der Waals surface area contributed by atoms with Gasteiger partial charge in [-0.3, -0.25) is 5.26 Å². The predicted octanol–water partition coefficient (Wildman–Crippen LogP) is 4.49. The second kappa shape index (κ2) is 6.56. The van der Waals surface area contributed by atoms with Crippen LogP contribution in [0.15, 0.2) is 24.8 Å². The first-order valence-corrected chi connectivity index (χ1v) is 9.02. The molecule has 4 nitrogen and oxygen atoms in total. The van der Waals surface area contributed by atoms with Crippen molar-refractivity contribution in [3.05, 3.63) is 24.8 Å². The number of aliphatic hydroxyl groups is 1. The highest BCUT2D eigenvalue weighted by molar-refractivity contribution is 5.13. The van der Waals surface area contributed by atoms with E-state index in [1.165, 1.54) is 0 Å².